The van der Waals surface area contributed by atoms with E-state index < -0.39 is 0 Å². The summed E-state index contributed by atoms with van der Waals surface area (Å²) in [5.74, 6) is 1.60. The van der Waals surface area contributed by atoms with E-state index in [9.17, 15) is 0 Å². The van der Waals surface area contributed by atoms with E-state index in [-0.39, 0.29) is 5.41 Å². The maximum Gasteiger partial charge on any atom is 0.134 e. The molecule has 0 fully saturated rings. The van der Waals surface area contributed by atoms with E-state index in [0.717, 1.165) is 30.3 Å². The Morgan fingerprint density at radius 3 is 2.41 bits per heavy atom. The Balaban J connectivity index is 2.76. The average Bonchev–Trinajstić information content (AvgIpc) is 2.14. The molecule has 0 atom stereocenters. The van der Waals surface area contributed by atoms with Crippen LogP contribution in [0.1, 0.15) is 51.8 Å². The number of nitrogens with one attached hydrogen (secondary N) is 1. The lowest BCUT2D eigenvalue weighted by atomic mass is 9.95. The molecule has 1 aromatic heterocycles. The van der Waals surface area contributed by atoms with Gasteiger partial charge in [-0.2, -0.15) is 0 Å². The number of aryl methyl sites for hydroxylation is 1. The molecule has 1 rings (SSSR count). The maximum atomic E-state index is 4.63. The molecule has 0 saturated heterocycles. The van der Waals surface area contributed by atoms with E-state index in [1.807, 2.05) is 6.92 Å². The standard InChI is InChI=1S/C14H25N3/c1-10(2)8-15-9-12-7-11(3)16-13(17-12)14(4,5)6/h7,10,15H,8-9H2,1-6H3. The third-order valence-electron chi connectivity index (χ3n) is 2.44. The molecule has 96 valence electrons. The summed E-state index contributed by atoms with van der Waals surface area (Å²) in [4.78, 5) is 9.14. The Morgan fingerprint density at radius 2 is 1.88 bits per heavy atom. The van der Waals surface area contributed by atoms with Crippen LogP contribution in [0.3, 0.4) is 0 Å². The van der Waals surface area contributed by atoms with E-state index in [0.29, 0.717) is 5.92 Å². The zero-order chi connectivity index (χ0) is 13.1. The average molecular weight is 235 g/mol. The monoisotopic (exact) mass is 235 g/mol. The minimum absolute atomic E-state index is 0.0127. The molecule has 0 aliphatic carbocycles. The van der Waals surface area contributed by atoms with Gasteiger partial charge in [-0.3, -0.25) is 0 Å². The molecule has 0 aromatic carbocycles. The van der Waals surface area contributed by atoms with Crippen LogP contribution in [0.4, 0.5) is 0 Å². The Kier molecular flexibility index (Phi) is 4.63. The summed E-state index contributed by atoms with van der Waals surface area (Å²) in [6.07, 6.45) is 0. The van der Waals surface area contributed by atoms with Gasteiger partial charge in [0.05, 0.1) is 5.69 Å². The lowest BCUT2D eigenvalue weighted by Gasteiger charge is -2.18. The number of rotatable bonds is 4. The fourth-order valence-corrected chi connectivity index (χ4v) is 1.55. The van der Waals surface area contributed by atoms with E-state index in [1.54, 1.807) is 0 Å². The molecular weight excluding hydrogens is 210 g/mol. The largest absolute Gasteiger partial charge is 0.311 e. The maximum absolute atomic E-state index is 4.63. The first-order chi connectivity index (χ1) is 7.79. The van der Waals surface area contributed by atoms with Crippen LogP contribution in [0.15, 0.2) is 6.07 Å². The zero-order valence-electron chi connectivity index (χ0n) is 12.0. The highest BCUT2D eigenvalue weighted by atomic mass is 14.9. The molecule has 0 spiro atoms. The second-order valence-corrected chi connectivity index (χ2v) is 6.10. The molecule has 0 aliphatic rings. The molecule has 1 aromatic rings. The third-order valence-corrected chi connectivity index (χ3v) is 2.44. The second kappa shape index (κ2) is 5.58. The molecule has 17 heavy (non-hydrogen) atoms. The van der Waals surface area contributed by atoms with Crippen molar-refractivity contribution in [3.05, 3.63) is 23.3 Å². The van der Waals surface area contributed by atoms with Gasteiger partial charge in [0.15, 0.2) is 0 Å². The van der Waals surface area contributed by atoms with Gasteiger partial charge in [-0.1, -0.05) is 34.6 Å². The molecular formula is C14H25N3. The van der Waals surface area contributed by atoms with Crippen molar-refractivity contribution in [1.82, 2.24) is 15.3 Å². The summed E-state index contributed by atoms with van der Waals surface area (Å²) < 4.78 is 0. The summed E-state index contributed by atoms with van der Waals surface area (Å²) in [7, 11) is 0. The van der Waals surface area contributed by atoms with Crippen molar-refractivity contribution in [2.75, 3.05) is 6.54 Å². The first-order valence-corrected chi connectivity index (χ1v) is 6.35. The molecule has 0 amide bonds. The van der Waals surface area contributed by atoms with Crippen molar-refractivity contribution in [2.24, 2.45) is 5.92 Å². The third kappa shape index (κ3) is 4.82. The summed E-state index contributed by atoms with van der Waals surface area (Å²) in [5.41, 5.74) is 2.15. The van der Waals surface area contributed by atoms with Crippen LogP contribution >= 0.6 is 0 Å². The van der Waals surface area contributed by atoms with Crippen LogP contribution in [0.2, 0.25) is 0 Å². The fourth-order valence-electron chi connectivity index (χ4n) is 1.55. The minimum Gasteiger partial charge on any atom is -0.311 e. The lowest BCUT2D eigenvalue weighted by molar-refractivity contribution is 0.523. The van der Waals surface area contributed by atoms with E-state index in [4.69, 9.17) is 0 Å². The first-order valence-electron chi connectivity index (χ1n) is 6.35. The predicted octanol–water partition coefficient (Wildman–Crippen LogP) is 2.83. The fraction of sp³-hybridized carbons (Fsp3) is 0.714. The highest BCUT2D eigenvalue weighted by molar-refractivity contribution is 5.14. The van der Waals surface area contributed by atoms with Gasteiger partial charge in [-0.05, 0) is 25.5 Å². The Bertz CT molecular complexity index is 364. The minimum atomic E-state index is 0.0127. The molecule has 0 radical (unpaired) electrons. The normalized spacial score (nSPS) is 12.2. The van der Waals surface area contributed by atoms with E-state index in [1.165, 1.54) is 0 Å². The molecule has 1 N–H and O–H groups in total. The zero-order valence-corrected chi connectivity index (χ0v) is 12.0. The molecule has 0 bridgehead atoms. The molecule has 0 saturated carbocycles. The first kappa shape index (κ1) is 14.1. The Hall–Kier alpha value is -0.960. The molecule has 0 unspecified atom stereocenters. The van der Waals surface area contributed by atoms with Gasteiger partial charge < -0.3 is 5.32 Å². The number of aromatic nitrogens is 2. The van der Waals surface area contributed by atoms with Crippen molar-refractivity contribution >= 4 is 0 Å². The topological polar surface area (TPSA) is 37.8 Å². The van der Waals surface area contributed by atoms with Crippen LogP contribution in [-0.2, 0) is 12.0 Å². The summed E-state index contributed by atoms with van der Waals surface area (Å²) in [6, 6.07) is 2.06. The van der Waals surface area contributed by atoms with Gasteiger partial charge >= 0.3 is 0 Å². The highest BCUT2D eigenvalue weighted by Gasteiger charge is 2.18. The SMILES string of the molecule is Cc1cc(CNCC(C)C)nc(C(C)(C)C)n1. The van der Waals surface area contributed by atoms with Gasteiger partial charge in [0.25, 0.3) is 0 Å². The van der Waals surface area contributed by atoms with Gasteiger partial charge in [-0.25, -0.2) is 9.97 Å². The summed E-state index contributed by atoms with van der Waals surface area (Å²) in [5, 5.41) is 3.42. The number of hydrogen-bond donors (Lipinski definition) is 1. The van der Waals surface area contributed by atoms with Crippen molar-refractivity contribution in [3.63, 3.8) is 0 Å². The van der Waals surface area contributed by atoms with Crippen molar-refractivity contribution in [1.29, 1.82) is 0 Å². The van der Waals surface area contributed by atoms with Crippen LogP contribution in [0.25, 0.3) is 0 Å². The smallest absolute Gasteiger partial charge is 0.134 e. The highest BCUT2D eigenvalue weighted by Crippen LogP contribution is 2.18. The van der Waals surface area contributed by atoms with Crippen molar-refractivity contribution in [3.8, 4) is 0 Å². The van der Waals surface area contributed by atoms with E-state index >= 15 is 0 Å². The van der Waals surface area contributed by atoms with E-state index in [2.05, 4.69) is 56.0 Å². The molecule has 3 nitrogen and oxygen atoms in total. The summed E-state index contributed by atoms with van der Waals surface area (Å²) >= 11 is 0. The molecule has 0 aliphatic heterocycles. The van der Waals surface area contributed by atoms with Crippen LogP contribution < -0.4 is 5.32 Å². The van der Waals surface area contributed by atoms with Gasteiger partial charge in [0.1, 0.15) is 5.82 Å². The van der Waals surface area contributed by atoms with Crippen LogP contribution in [0.5, 0.6) is 0 Å². The van der Waals surface area contributed by atoms with Crippen molar-refractivity contribution in [2.45, 2.75) is 53.5 Å². The van der Waals surface area contributed by atoms with Gasteiger partial charge in [0.2, 0.25) is 0 Å². The number of hydrogen-bond acceptors (Lipinski definition) is 3. The van der Waals surface area contributed by atoms with Crippen LogP contribution in [0, 0.1) is 12.8 Å². The van der Waals surface area contributed by atoms with Crippen molar-refractivity contribution < 1.29 is 0 Å². The lowest BCUT2D eigenvalue weighted by Crippen LogP contribution is -2.22. The molecule has 3 heteroatoms. The predicted molar refractivity (Wildman–Crippen MR) is 72.0 cm³/mol. The quantitative estimate of drug-likeness (QED) is 0.872. The molecule has 1 heterocycles. The summed E-state index contributed by atoms with van der Waals surface area (Å²) in [6.45, 7) is 14.7. The van der Waals surface area contributed by atoms with Crippen LogP contribution in [-0.4, -0.2) is 16.5 Å². The number of nitrogens with zero attached hydrogens (tertiary/aromatic N) is 2. The Morgan fingerprint density at radius 1 is 1.24 bits per heavy atom. The van der Waals surface area contributed by atoms with Gasteiger partial charge in [0, 0.05) is 17.7 Å². The second-order valence-electron chi connectivity index (χ2n) is 6.10. The Labute approximate surface area is 105 Å². The van der Waals surface area contributed by atoms with Gasteiger partial charge in [-0.15, -0.1) is 0 Å².